The summed E-state index contributed by atoms with van der Waals surface area (Å²) in [5.74, 6) is -1.69. The predicted octanol–water partition coefficient (Wildman–Crippen LogP) is 0.217. The van der Waals surface area contributed by atoms with Crippen LogP contribution in [-0.2, 0) is 4.79 Å². The van der Waals surface area contributed by atoms with Crippen molar-refractivity contribution in [1.82, 2.24) is 10.3 Å². The predicted molar refractivity (Wildman–Crippen MR) is 68.9 cm³/mol. The molecule has 1 aromatic heterocycles. The standard InChI is InChI=1S/C13H15N3O4/c1-8-9(6-14)3-4-10(16-8)12(19)15-7-13(2,20)5-11(17)18/h3-4,20H,5,7H2,1-2H3,(H,15,19)(H,17,18). The van der Waals surface area contributed by atoms with Crippen molar-refractivity contribution in [2.75, 3.05) is 6.54 Å². The molecule has 0 radical (unpaired) electrons. The summed E-state index contributed by atoms with van der Waals surface area (Å²) >= 11 is 0. The van der Waals surface area contributed by atoms with Gasteiger partial charge in [0.15, 0.2) is 0 Å². The van der Waals surface area contributed by atoms with Crippen molar-refractivity contribution in [3.8, 4) is 6.07 Å². The first-order valence-corrected chi connectivity index (χ1v) is 5.85. The Morgan fingerprint density at radius 3 is 2.65 bits per heavy atom. The highest BCUT2D eigenvalue weighted by molar-refractivity contribution is 5.92. The van der Waals surface area contributed by atoms with E-state index < -0.39 is 23.9 Å². The van der Waals surface area contributed by atoms with Gasteiger partial charge in [0.05, 0.1) is 23.3 Å². The zero-order chi connectivity index (χ0) is 15.3. The number of amides is 1. The van der Waals surface area contributed by atoms with E-state index in [0.717, 1.165) is 0 Å². The lowest BCUT2D eigenvalue weighted by Gasteiger charge is -2.21. The molecule has 0 spiro atoms. The van der Waals surface area contributed by atoms with Gasteiger partial charge in [-0.05, 0) is 26.0 Å². The van der Waals surface area contributed by atoms with Gasteiger partial charge in [-0.1, -0.05) is 0 Å². The molecule has 20 heavy (non-hydrogen) atoms. The minimum absolute atomic E-state index is 0.104. The molecule has 0 saturated carbocycles. The number of aliphatic hydroxyl groups is 1. The summed E-state index contributed by atoms with van der Waals surface area (Å²) in [6.07, 6.45) is -0.479. The topological polar surface area (TPSA) is 123 Å². The molecule has 7 heteroatoms. The van der Waals surface area contributed by atoms with E-state index in [0.29, 0.717) is 11.3 Å². The van der Waals surface area contributed by atoms with Gasteiger partial charge in [0.25, 0.3) is 5.91 Å². The second-order valence-corrected chi connectivity index (χ2v) is 4.69. The molecule has 1 aromatic rings. The van der Waals surface area contributed by atoms with Crippen molar-refractivity contribution in [2.45, 2.75) is 25.9 Å². The summed E-state index contributed by atoms with van der Waals surface area (Å²) in [5.41, 5.74) is -0.632. The van der Waals surface area contributed by atoms with Crippen LogP contribution >= 0.6 is 0 Å². The van der Waals surface area contributed by atoms with Crippen molar-refractivity contribution in [3.05, 3.63) is 29.1 Å². The van der Waals surface area contributed by atoms with Crippen molar-refractivity contribution in [3.63, 3.8) is 0 Å². The number of rotatable bonds is 5. The lowest BCUT2D eigenvalue weighted by atomic mass is 10.0. The van der Waals surface area contributed by atoms with E-state index in [4.69, 9.17) is 10.4 Å². The van der Waals surface area contributed by atoms with Gasteiger partial charge in [-0.2, -0.15) is 5.26 Å². The average molecular weight is 277 g/mol. The first-order valence-electron chi connectivity index (χ1n) is 5.85. The number of pyridine rings is 1. The summed E-state index contributed by atoms with van der Waals surface area (Å²) in [5, 5.41) is 29.5. The Morgan fingerprint density at radius 1 is 1.50 bits per heavy atom. The molecule has 0 saturated heterocycles. The number of hydrogen-bond acceptors (Lipinski definition) is 5. The monoisotopic (exact) mass is 277 g/mol. The van der Waals surface area contributed by atoms with Crippen LogP contribution in [0.25, 0.3) is 0 Å². The number of carboxylic acid groups (broad SMARTS) is 1. The van der Waals surface area contributed by atoms with E-state index in [1.165, 1.54) is 19.1 Å². The van der Waals surface area contributed by atoms with Gasteiger partial charge in [0.2, 0.25) is 0 Å². The molecule has 0 fully saturated rings. The van der Waals surface area contributed by atoms with Crippen LogP contribution in [0.4, 0.5) is 0 Å². The van der Waals surface area contributed by atoms with Crippen LogP contribution in [0.5, 0.6) is 0 Å². The molecule has 0 aliphatic heterocycles. The fourth-order valence-corrected chi connectivity index (χ4v) is 1.56. The van der Waals surface area contributed by atoms with Crippen LogP contribution in [0.2, 0.25) is 0 Å². The van der Waals surface area contributed by atoms with Gasteiger partial charge in [-0.15, -0.1) is 0 Å². The van der Waals surface area contributed by atoms with Crippen LogP contribution in [0.15, 0.2) is 12.1 Å². The van der Waals surface area contributed by atoms with E-state index in [-0.39, 0.29) is 12.2 Å². The Kier molecular flexibility index (Phi) is 4.78. The quantitative estimate of drug-likeness (QED) is 0.707. The van der Waals surface area contributed by atoms with Gasteiger partial charge < -0.3 is 15.5 Å². The zero-order valence-electron chi connectivity index (χ0n) is 11.2. The summed E-state index contributed by atoms with van der Waals surface area (Å²) in [6.45, 7) is 2.72. The molecule has 7 nitrogen and oxygen atoms in total. The van der Waals surface area contributed by atoms with Gasteiger partial charge in [-0.25, -0.2) is 4.98 Å². The summed E-state index contributed by atoms with van der Waals surface area (Å²) in [6, 6.07) is 4.81. The SMILES string of the molecule is Cc1nc(C(=O)NCC(C)(O)CC(=O)O)ccc1C#N. The number of carbonyl (C=O) groups is 2. The van der Waals surface area contributed by atoms with Gasteiger partial charge in [0.1, 0.15) is 11.8 Å². The first-order chi connectivity index (χ1) is 9.25. The van der Waals surface area contributed by atoms with E-state index in [1.807, 2.05) is 6.07 Å². The summed E-state index contributed by atoms with van der Waals surface area (Å²) in [4.78, 5) is 26.3. The number of aliphatic carboxylic acids is 1. The van der Waals surface area contributed by atoms with Crippen LogP contribution in [0.3, 0.4) is 0 Å². The van der Waals surface area contributed by atoms with Crippen molar-refractivity contribution in [1.29, 1.82) is 5.26 Å². The normalized spacial score (nSPS) is 13.1. The van der Waals surface area contributed by atoms with Crippen LogP contribution in [0.1, 0.15) is 35.1 Å². The number of aryl methyl sites for hydroxylation is 1. The number of carbonyl (C=O) groups excluding carboxylic acids is 1. The Bertz CT molecular complexity index is 575. The number of nitrogens with one attached hydrogen (secondary N) is 1. The van der Waals surface area contributed by atoms with Crippen molar-refractivity contribution >= 4 is 11.9 Å². The molecule has 1 unspecified atom stereocenters. The molecule has 1 atom stereocenters. The van der Waals surface area contributed by atoms with Gasteiger partial charge in [-0.3, -0.25) is 9.59 Å². The Hall–Kier alpha value is -2.46. The number of nitrogens with zero attached hydrogens (tertiary/aromatic N) is 2. The van der Waals surface area contributed by atoms with Crippen LogP contribution in [0, 0.1) is 18.3 Å². The van der Waals surface area contributed by atoms with Gasteiger partial charge >= 0.3 is 5.97 Å². The van der Waals surface area contributed by atoms with Crippen LogP contribution < -0.4 is 5.32 Å². The second kappa shape index (κ2) is 6.12. The highest BCUT2D eigenvalue weighted by Gasteiger charge is 2.25. The molecular weight excluding hydrogens is 262 g/mol. The van der Waals surface area contributed by atoms with Crippen molar-refractivity contribution < 1.29 is 19.8 Å². The fourth-order valence-electron chi connectivity index (χ4n) is 1.56. The van der Waals surface area contributed by atoms with E-state index >= 15 is 0 Å². The lowest BCUT2D eigenvalue weighted by Crippen LogP contribution is -2.42. The highest BCUT2D eigenvalue weighted by atomic mass is 16.4. The molecule has 0 aliphatic rings. The lowest BCUT2D eigenvalue weighted by molar-refractivity contribution is -0.141. The third-order valence-electron chi connectivity index (χ3n) is 2.60. The van der Waals surface area contributed by atoms with E-state index in [1.54, 1.807) is 6.92 Å². The van der Waals surface area contributed by atoms with Crippen molar-refractivity contribution in [2.24, 2.45) is 0 Å². The molecule has 1 rings (SSSR count). The number of aromatic nitrogens is 1. The zero-order valence-corrected chi connectivity index (χ0v) is 11.2. The smallest absolute Gasteiger partial charge is 0.306 e. The minimum atomic E-state index is -1.54. The average Bonchev–Trinajstić information content (AvgIpc) is 2.34. The van der Waals surface area contributed by atoms with E-state index in [9.17, 15) is 14.7 Å². The minimum Gasteiger partial charge on any atom is -0.481 e. The summed E-state index contributed by atoms with van der Waals surface area (Å²) < 4.78 is 0. The first kappa shape index (κ1) is 15.6. The molecule has 3 N–H and O–H groups in total. The molecule has 1 amide bonds. The fraction of sp³-hybridized carbons (Fsp3) is 0.385. The molecule has 106 valence electrons. The summed E-state index contributed by atoms with van der Waals surface area (Å²) in [7, 11) is 0. The van der Waals surface area contributed by atoms with Gasteiger partial charge in [0, 0.05) is 6.54 Å². The Morgan fingerprint density at radius 2 is 2.15 bits per heavy atom. The third-order valence-corrected chi connectivity index (χ3v) is 2.60. The highest BCUT2D eigenvalue weighted by Crippen LogP contribution is 2.09. The third kappa shape index (κ3) is 4.33. The van der Waals surface area contributed by atoms with Crippen LogP contribution in [-0.4, -0.2) is 39.2 Å². The number of hydrogen-bond donors (Lipinski definition) is 3. The Balaban J connectivity index is 2.71. The maximum Gasteiger partial charge on any atom is 0.306 e. The van der Waals surface area contributed by atoms with E-state index in [2.05, 4.69) is 10.3 Å². The number of carboxylic acids is 1. The maximum atomic E-state index is 11.8. The molecule has 0 bridgehead atoms. The molecule has 1 heterocycles. The second-order valence-electron chi connectivity index (χ2n) is 4.69. The largest absolute Gasteiger partial charge is 0.481 e. The molecule has 0 aromatic carbocycles. The Labute approximate surface area is 115 Å². The molecular formula is C13H15N3O4. The number of nitriles is 1. The molecule has 0 aliphatic carbocycles. The maximum absolute atomic E-state index is 11.8.